The third kappa shape index (κ3) is 3.46. The first-order valence-electron chi connectivity index (χ1n) is 9.41. The number of hydrogen-bond acceptors (Lipinski definition) is 6. The first kappa shape index (κ1) is 19.7. The molecule has 0 radical (unpaired) electrons. The summed E-state index contributed by atoms with van der Waals surface area (Å²) < 4.78 is 38.5. The van der Waals surface area contributed by atoms with Gasteiger partial charge in [-0.05, 0) is 30.5 Å². The highest BCUT2D eigenvalue weighted by Gasteiger charge is 2.37. The van der Waals surface area contributed by atoms with E-state index in [0.717, 1.165) is 25.2 Å². The number of aliphatic hydroxyl groups is 1. The van der Waals surface area contributed by atoms with E-state index < -0.39 is 23.8 Å². The highest BCUT2D eigenvalue weighted by Crippen LogP contribution is 2.37. The van der Waals surface area contributed by atoms with E-state index in [1.165, 1.54) is 12.1 Å². The summed E-state index contributed by atoms with van der Waals surface area (Å²) in [6.07, 6.45) is -4.40. The summed E-state index contributed by atoms with van der Waals surface area (Å²) >= 11 is 0. The maximum atomic E-state index is 12.8. The van der Waals surface area contributed by atoms with Gasteiger partial charge in [-0.3, -0.25) is 14.8 Å². The first-order chi connectivity index (χ1) is 13.7. The number of aromatic amines is 1. The normalized spacial score (nSPS) is 20.6. The van der Waals surface area contributed by atoms with Crippen LogP contribution in [-0.4, -0.2) is 34.8 Å². The molecule has 2 atom stereocenters. The van der Waals surface area contributed by atoms with Gasteiger partial charge >= 0.3 is 6.18 Å². The van der Waals surface area contributed by atoms with Crippen molar-refractivity contribution < 1.29 is 18.3 Å². The van der Waals surface area contributed by atoms with Gasteiger partial charge in [0.2, 0.25) is 5.95 Å². The van der Waals surface area contributed by atoms with Crippen molar-refractivity contribution in [2.24, 2.45) is 5.92 Å². The molecule has 7 nitrogen and oxygen atoms in total. The second-order valence-electron chi connectivity index (χ2n) is 7.67. The van der Waals surface area contributed by atoms with Crippen LogP contribution in [0.3, 0.4) is 0 Å². The van der Waals surface area contributed by atoms with Crippen molar-refractivity contribution in [3.63, 3.8) is 0 Å². The Hall–Kier alpha value is -2.59. The molecule has 1 saturated heterocycles. The standard InChI is InChI=1S/C19H22F3N5O2/c1-10-7-26(8-10)18-23-16-15(17(29)24-18)14(9-28)25-27(16)11(2)12-3-5-13(6-4-12)19(20,21)22/h3-6,10-11,14,25,28H,7-9H2,1-2H3,(H,23,24,29)/t11-,14?/m0/s1. The molecule has 10 heteroatoms. The number of anilines is 2. The third-order valence-corrected chi connectivity index (χ3v) is 5.45. The van der Waals surface area contributed by atoms with E-state index >= 15 is 0 Å². The third-order valence-electron chi connectivity index (χ3n) is 5.45. The lowest BCUT2D eigenvalue weighted by atomic mass is 10.0. The van der Waals surface area contributed by atoms with Gasteiger partial charge in [0, 0.05) is 13.1 Å². The van der Waals surface area contributed by atoms with Crippen molar-refractivity contribution in [3.05, 3.63) is 51.3 Å². The van der Waals surface area contributed by atoms with Crippen LogP contribution in [0.25, 0.3) is 0 Å². The number of hydrogen-bond donors (Lipinski definition) is 3. The molecule has 1 unspecified atom stereocenters. The summed E-state index contributed by atoms with van der Waals surface area (Å²) in [5.41, 5.74) is 2.95. The first-order valence-corrected chi connectivity index (χ1v) is 9.41. The lowest BCUT2D eigenvalue weighted by Gasteiger charge is -2.37. The highest BCUT2D eigenvalue weighted by atomic mass is 19.4. The van der Waals surface area contributed by atoms with Crippen LogP contribution in [0, 0.1) is 5.92 Å². The average Bonchev–Trinajstić information content (AvgIpc) is 3.03. The Morgan fingerprint density at radius 2 is 1.93 bits per heavy atom. The van der Waals surface area contributed by atoms with E-state index in [2.05, 4.69) is 22.3 Å². The average molecular weight is 409 g/mol. The summed E-state index contributed by atoms with van der Waals surface area (Å²) in [6.45, 7) is 5.16. The Kier molecular flexibility index (Phi) is 4.78. The molecular formula is C19H22F3N5O2. The molecule has 0 aliphatic carbocycles. The lowest BCUT2D eigenvalue weighted by Crippen LogP contribution is -2.47. The molecule has 1 fully saturated rings. The van der Waals surface area contributed by atoms with Crippen molar-refractivity contribution in [1.82, 2.24) is 15.4 Å². The van der Waals surface area contributed by atoms with Gasteiger partial charge in [-0.1, -0.05) is 19.1 Å². The summed E-state index contributed by atoms with van der Waals surface area (Å²) in [4.78, 5) is 22.0. The van der Waals surface area contributed by atoms with Crippen molar-refractivity contribution in [1.29, 1.82) is 0 Å². The molecule has 0 spiro atoms. The number of alkyl halides is 3. The fraction of sp³-hybridized carbons (Fsp3) is 0.474. The lowest BCUT2D eigenvalue weighted by molar-refractivity contribution is -0.137. The molecule has 2 aliphatic rings. The Labute approximate surface area is 165 Å². The van der Waals surface area contributed by atoms with Gasteiger partial charge in [-0.15, -0.1) is 0 Å². The summed E-state index contributed by atoms with van der Waals surface area (Å²) in [5.74, 6) is 1.35. The van der Waals surface area contributed by atoms with Crippen LogP contribution >= 0.6 is 0 Å². The van der Waals surface area contributed by atoms with Crippen molar-refractivity contribution in [2.45, 2.75) is 32.1 Å². The minimum atomic E-state index is -4.40. The molecule has 0 saturated carbocycles. The molecule has 0 amide bonds. The van der Waals surface area contributed by atoms with Gasteiger partial charge in [-0.2, -0.15) is 18.2 Å². The zero-order chi connectivity index (χ0) is 20.9. The van der Waals surface area contributed by atoms with Crippen molar-refractivity contribution in [2.75, 3.05) is 29.6 Å². The Balaban J connectivity index is 1.68. The van der Waals surface area contributed by atoms with Crippen LogP contribution in [0.5, 0.6) is 0 Å². The largest absolute Gasteiger partial charge is 0.416 e. The minimum absolute atomic E-state index is 0.311. The van der Waals surface area contributed by atoms with E-state index in [0.29, 0.717) is 28.8 Å². The smallest absolute Gasteiger partial charge is 0.394 e. The number of benzene rings is 1. The van der Waals surface area contributed by atoms with Gasteiger partial charge in [0.05, 0.1) is 29.8 Å². The molecule has 2 aliphatic heterocycles. The van der Waals surface area contributed by atoms with Crippen LogP contribution < -0.4 is 20.9 Å². The Bertz CT molecular complexity index is 954. The van der Waals surface area contributed by atoms with Gasteiger partial charge in [0.25, 0.3) is 5.56 Å². The number of fused-ring (bicyclic) bond motifs is 1. The predicted octanol–water partition coefficient (Wildman–Crippen LogP) is 2.36. The van der Waals surface area contributed by atoms with Gasteiger partial charge in [-0.25, -0.2) is 5.43 Å². The maximum Gasteiger partial charge on any atom is 0.416 e. The van der Waals surface area contributed by atoms with Crippen LogP contribution in [0.4, 0.5) is 24.9 Å². The van der Waals surface area contributed by atoms with Gasteiger partial charge in [0.1, 0.15) is 0 Å². The fourth-order valence-corrected chi connectivity index (χ4v) is 3.80. The summed E-state index contributed by atoms with van der Waals surface area (Å²) in [6, 6.07) is 3.83. The van der Waals surface area contributed by atoms with Crippen LogP contribution in [0.15, 0.2) is 29.1 Å². The fourth-order valence-electron chi connectivity index (χ4n) is 3.80. The number of nitrogens with one attached hydrogen (secondary N) is 2. The maximum absolute atomic E-state index is 12.8. The number of hydrazine groups is 1. The monoisotopic (exact) mass is 409 g/mol. The quantitative estimate of drug-likeness (QED) is 0.719. The number of rotatable bonds is 4. The molecular weight excluding hydrogens is 387 g/mol. The topological polar surface area (TPSA) is 84.5 Å². The number of halogens is 3. The van der Waals surface area contributed by atoms with Gasteiger partial charge in [0.15, 0.2) is 5.82 Å². The van der Waals surface area contributed by atoms with E-state index in [-0.39, 0.29) is 12.2 Å². The number of H-pyrrole nitrogens is 1. The van der Waals surface area contributed by atoms with Gasteiger partial charge < -0.3 is 10.0 Å². The van der Waals surface area contributed by atoms with Crippen molar-refractivity contribution >= 4 is 11.8 Å². The number of nitrogens with zero attached hydrogens (tertiary/aromatic N) is 3. The van der Waals surface area contributed by atoms with Crippen LogP contribution in [0.1, 0.15) is 42.6 Å². The second-order valence-corrected chi connectivity index (χ2v) is 7.67. The zero-order valence-corrected chi connectivity index (χ0v) is 16.0. The molecule has 156 valence electrons. The number of aromatic nitrogens is 2. The van der Waals surface area contributed by atoms with E-state index in [1.807, 2.05) is 4.90 Å². The zero-order valence-electron chi connectivity index (χ0n) is 16.0. The SMILES string of the molecule is CC1CN(c2nc3c(c(=O)[nH]2)C(CO)NN3[C@@H](C)c2ccc(C(F)(F)F)cc2)C1. The minimum Gasteiger partial charge on any atom is -0.394 e. The Morgan fingerprint density at radius 3 is 2.48 bits per heavy atom. The molecule has 4 rings (SSSR count). The molecule has 0 bridgehead atoms. The van der Waals surface area contributed by atoms with E-state index in [1.54, 1.807) is 11.9 Å². The van der Waals surface area contributed by atoms with E-state index in [4.69, 9.17) is 0 Å². The molecule has 3 N–H and O–H groups in total. The summed E-state index contributed by atoms with van der Waals surface area (Å²) in [7, 11) is 0. The predicted molar refractivity (Wildman–Crippen MR) is 102 cm³/mol. The summed E-state index contributed by atoms with van der Waals surface area (Å²) in [5, 5.41) is 11.3. The molecule has 29 heavy (non-hydrogen) atoms. The molecule has 3 heterocycles. The second kappa shape index (κ2) is 7.03. The molecule has 1 aromatic heterocycles. The van der Waals surface area contributed by atoms with E-state index in [9.17, 15) is 23.1 Å². The molecule has 1 aromatic carbocycles. The van der Waals surface area contributed by atoms with Crippen molar-refractivity contribution in [3.8, 4) is 0 Å². The Morgan fingerprint density at radius 1 is 1.28 bits per heavy atom. The number of aliphatic hydroxyl groups excluding tert-OH is 1. The molecule has 2 aromatic rings. The van der Waals surface area contributed by atoms with Crippen LogP contribution in [-0.2, 0) is 6.18 Å². The van der Waals surface area contributed by atoms with Crippen LogP contribution in [0.2, 0.25) is 0 Å². The highest BCUT2D eigenvalue weighted by molar-refractivity contribution is 5.56.